The van der Waals surface area contributed by atoms with Gasteiger partial charge in [-0.3, -0.25) is 9.59 Å². The third-order valence-corrected chi connectivity index (χ3v) is 3.10. The highest BCUT2D eigenvalue weighted by Gasteiger charge is 2.19. The molecule has 2 heterocycles. The van der Waals surface area contributed by atoms with Crippen LogP contribution in [0.1, 0.15) is 38.4 Å². The summed E-state index contributed by atoms with van der Waals surface area (Å²) in [6.07, 6.45) is 1.95. The molecule has 5 nitrogen and oxygen atoms in total. The minimum atomic E-state index is -0.112. The lowest BCUT2D eigenvalue weighted by Crippen LogP contribution is -2.26. The summed E-state index contributed by atoms with van der Waals surface area (Å²) in [4.78, 5) is 22.9. The van der Waals surface area contributed by atoms with E-state index in [4.69, 9.17) is 0 Å². The predicted molar refractivity (Wildman–Crippen MR) is 77.4 cm³/mol. The molecule has 0 aromatic carbocycles. The molecule has 106 valence electrons. The lowest BCUT2D eigenvalue weighted by atomic mass is 10.1. The number of nitrogens with one attached hydrogen (secondary N) is 2. The second-order valence-corrected chi connectivity index (χ2v) is 4.23. The monoisotopic (exact) mass is 265 g/mol. The Bertz CT molecular complexity index is 506. The third kappa shape index (κ3) is 3.36. The summed E-state index contributed by atoms with van der Waals surface area (Å²) in [7, 11) is 1.81. The first-order valence-electron chi connectivity index (χ1n) is 6.81. The first kappa shape index (κ1) is 15.3. The Labute approximate surface area is 114 Å². The molecule has 1 amide bonds. The summed E-state index contributed by atoms with van der Waals surface area (Å²) in [6.45, 7) is 6.71. The summed E-state index contributed by atoms with van der Waals surface area (Å²) in [6, 6.07) is 1.60. The Morgan fingerprint density at radius 1 is 1.42 bits per heavy atom. The van der Waals surface area contributed by atoms with Gasteiger partial charge in [0.15, 0.2) is 5.43 Å². The van der Waals surface area contributed by atoms with Gasteiger partial charge in [-0.2, -0.15) is 0 Å². The van der Waals surface area contributed by atoms with Gasteiger partial charge < -0.3 is 15.2 Å². The molecule has 1 aromatic rings. The van der Waals surface area contributed by atoms with Crippen molar-refractivity contribution >= 4 is 11.7 Å². The lowest BCUT2D eigenvalue weighted by Gasteiger charge is -2.15. The van der Waals surface area contributed by atoms with Crippen molar-refractivity contribution in [2.24, 2.45) is 0 Å². The molecule has 2 rings (SSSR count). The minimum absolute atomic E-state index is 0.00347. The van der Waals surface area contributed by atoms with Crippen LogP contribution < -0.4 is 16.1 Å². The molecule has 1 aromatic heterocycles. The summed E-state index contributed by atoms with van der Waals surface area (Å²) in [5.41, 5.74) is 1.77. The van der Waals surface area contributed by atoms with Crippen LogP contribution in [0.4, 0.5) is 5.82 Å². The van der Waals surface area contributed by atoms with Gasteiger partial charge in [0.2, 0.25) is 5.91 Å². The van der Waals surface area contributed by atoms with Crippen molar-refractivity contribution in [2.45, 2.75) is 46.7 Å². The molecule has 0 spiro atoms. The van der Waals surface area contributed by atoms with Crippen LogP contribution in [0.3, 0.4) is 0 Å². The molecule has 1 aliphatic rings. The SMILES string of the molecule is CC.CNc1cc(=O)c(CNC(C)=O)c2n1CCC2. The number of nitrogens with zero attached hydrogens (tertiary/aromatic N) is 1. The predicted octanol–water partition coefficient (Wildman–Crippen LogP) is 1.50. The number of carbonyl (C=O) groups excluding carboxylic acids is 1. The van der Waals surface area contributed by atoms with Crippen LogP contribution in [-0.2, 0) is 24.3 Å². The van der Waals surface area contributed by atoms with Gasteiger partial charge in [0.1, 0.15) is 5.82 Å². The van der Waals surface area contributed by atoms with Crippen LogP contribution in [0.25, 0.3) is 0 Å². The smallest absolute Gasteiger partial charge is 0.217 e. The Kier molecular flexibility index (Phi) is 5.60. The summed E-state index contributed by atoms with van der Waals surface area (Å²) < 4.78 is 2.12. The summed E-state index contributed by atoms with van der Waals surface area (Å²) in [5, 5.41) is 5.73. The summed E-state index contributed by atoms with van der Waals surface area (Å²) >= 11 is 0. The van der Waals surface area contributed by atoms with Crippen molar-refractivity contribution in [3.8, 4) is 0 Å². The molecule has 0 saturated carbocycles. The highest BCUT2D eigenvalue weighted by atomic mass is 16.1. The standard InChI is InChI=1S/C12H17N3O2.C2H6/c1-8(16)14-7-9-10-4-3-5-15(10)12(13-2)6-11(9)17;1-2/h6,13H,3-5,7H2,1-2H3,(H,14,16);1-2H3. The molecule has 0 bridgehead atoms. The maximum absolute atomic E-state index is 12.0. The third-order valence-electron chi connectivity index (χ3n) is 3.10. The van der Waals surface area contributed by atoms with E-state index in [0.717, 1.165) is 36.5 Å². The number of hydrogen-bond donors (Lipinski definition) is 2. The van der Waals surface area contributed by atoms with Gasteiger partial charge in [-0.05, 0) is 12.8 Å². The molecule has 0 unspecified atom stereocenters. The number of amides is 1. The molecule has 0 atom stereocenters. The molecule has 1 aliphatic heterocycles. The van der Waals surface area contributed by atoms with Gasteiger partial charge in [-0.25, -0.2) is 0 Å². The topological polar surface area (TPSA) is 63.1 Å². The van der Waals surface area contributed by atoms with Gasteiger partial charge >= 0.3 is 0 Å². The van der Waals surface area contributed by atoms with E-state index in [1.807, 2.05) is 20.9 Å². The maximum atomic E-state index is 12.0. The second-order valence-electron chi connectivity index (χ2n) is 4.23. The van der Waals surface area contributed by atoms with E-state index in [0.29, 0.717) is 6.54 Å². The molecule has 0 saturated heterocycles. The second kappa shape index (κ2) is 6.97. The van der Waals surface area contributed by atoms with E-state index in [1.165, 1.54) is 6.92 Å². The van der Waals surface area contributed by atoms with Crippen LogP contribution in [-0.4, -0.2) is 17.5 Å². The van der Waals surface area contributed by atoms with Gasteiger partial charge in [-0.1, -0.05) is 13.8 Å². The van der Waals surface area contributed by atoms with E-state index < -0.39 is 0 Å². The van der Waals surface area contributed by atoms with Gasteiger partial charge in [-0.15, -0.1) is 0 Å². The van der Waals surface area contributed by atoms with Crippen molar-refractivity contribution in [1.29, 1.82) is 0 Å². The Morgan fingerprint density at radius 3 is 2.68 bits per heavy atom. The Balaban J connectivity index is 0.000000861. The fourth-order valence-corrected chi connectivity index (χ4v) is 2.29. The lowest BCUT2D eigenvalue weighted by molar-refractivity contribution is -0.119. The van der Waals surface area contributed by atoms with Crippen molar-refractivity contribution in [1.82, 2.24) is 9.88 Å². The summed E-state index contributed by atoms with van der Waals surface area (Å²) in [5.74, 6) is 0.743. The molecule has 0 fully saturated rings. The van der Waals surface area contributed by atoms with Crippen molar-refractivity contribution in [2.75, 3.05) is 12.4 Å². The van der Waals surface area contributed by atoms with Crippen LogP contribution in [0.2, 0.25) is 0 Å². The van der Waals surface area contributed by atoms with Gasteiger partial charge in [0, 0.05) is 44.4 Å². The number of anilines is 1. The fourth-order valence-electron chi connectivity index (χ4n) is 2.29. The zero-order valence-corrected chi connectivity index (χ0v) is 12.2. The average molecular weight is 265 g/mol. The zero-order valence-electron chi connectivity index (χ0n) is 12.2. The number of aromatic nitrogens is 1. The Hall–Kier alpha value is -1.78. The molecule has 19 heavy (non-hydrogen) atoms. The van der Waals surface area contributed by atoms with E-state index in [1.54, 1.807) is 6.07 Å². The van der Waals surface area contributed by atoms with Gasteiger partial charge in [0.25, 0.3) is 0 Å². The molecule has 2 N–H and O–H groups in total. The van der Waals surface area contributed by atoms with Crippen LogP contribution in [0, 0.1) is 0 Å². The van der Waals surface area contributed by atoms with Crippen molar-refractivity contribution < 1.29 is 4.79 Å². The minimum Gasteiger partial charge on any atom is -0.374 e. The first-order valence-corrected chi connectivity index (χ1v) is 6.81. The van der Waals surface area contributed by atoms with E-state index in [-0.39, 0.29) is 11.3 Å². The maximum Gasteiger partial charge on any atom is 0.217 e. The van der Waals surface area contributed by atoms with Crippen molar-refractivity contribution in [3.63, 3.8) is 0 Å². The average Bonchev–Trinajstić information content (AvgIpc) is 2.88. The highest BCUT2D eigenvalue weighted by molar-refractivity contribution is 5.72. The molecule has 0 aliphatic carbocycles. The van der Waals surface area contributed by atoms with Crippen molar-refractivity contribution in [3.05, 3.63) is 27.5 Å². The van der Waals surface area contributed by atoms with E-state index in [2.05, 4.69) is 15.2 Å². The van der Waals surface area contributed by atoms with E-state index >= 15 is 0 Å². The number of fused-ring (bicyclic) bond motifs is 1. The molecule has 0 radical (unpaired) electrons. The zero-order chi connectivity index (χ0) is 14.4. The molecule has 5 heteroatoms. The largest absolute Gasteiger partial charge is 0.374 e. The first-order chi connectivity index (χ1) is 9.13. The van der Waals surface area contributed by atoms with Crippen LogP contribution in [0.5, 0.6) is 0 Å². The quantitative estimate of drug-likeness (QED) is 0.870. The van der Waals surface area contributed by atoms with Gasteiger partial charge in [0.05, 0.1) is 0 Å². The number of hydrogen-bond acceptors (Lipinski definition) is 3. The Morgan fingerprint density at radius 2 is 2.11 bits per heavy atom. The number of rotatable bonds is 3. The normalized spacial score (nSPS) is 12.2. The van der Waals surface area contributed by atoms with Crippen LogP contribution >= 0.6 is 0 Å². The number of pyridine rings is 1. The number of carbonyl (C=O) groups is 1. The fraction of sp³-hybridized carbons (Fsp3) is 0.571. The van der Waals surface area contributed by atoms with E-state index in [9.17, 15) is 9.59 Å². The highest BCUT2D eigenvalue weighted by Crippen LogP contribution is 2.21. The van der Waals surface area contributed by atoms with Crippen LogP contribution in [0.15, 0.2) is 10.9 Å². The molecular weight excluding hydrogens is 242 g/mol. The molecular formula is C14H23N3O2.